The van der Waals surface area contributed by atoms with E-state index in [2.05, 4.69) is 35.0 Å². The minimum atomic E-state index is -0.441. The molecule has 0 amide bonds. The number of likely N-dealkylation sites (N-methyl/N-ethyl adjacent to an activating group) is 1. The van der Waals surface area contributed by atoms with Crippen LogP contribution in [0.25, 0.3) is 0 Å². The lowest BCUT2D eigenvalue weighted by molar-refractivity contribution is -0.0493. The fraction of sp³-hybridized carbons (Fsp3) is 0.476. The van der Waals surface area contributed by atoms with Gasteiger partial charge in [-0.15, -0.1) is 0 Å². The first-order chi connectivity index (χ1) is 13.3. The van der Waals surface area contributed by atoms with Gasteiger partial charge in [-0.3, -0.25) is 4.90 Å². The molecule has 2 aromatic rings. The number of benzene rings is 1. The summed E-state index contributed by atoms with van der Waals surface area (Å²) < 4.78 is 17.5. The molecule has 0 atom stereocenters. The molecule has 27 heavy (non-hydrogen) atoms. The van der Waals surface area contributed by atoms with Crippen LogP contribution in [0.3, 0.4) is 0 Å². The number of ether oxygens (including phenoxy) is 3. The van der Waals surface area contributed by atoms with Crippen molar-refractivity contribution >= 4 is 0 Å². The zero-order valence-corrected chi connectivity index (χ0v) is 15.8. The summed E-state index contributed by atoms with van der Waals surface area (Å²) in [6.07, 6.45) is -0.441. The molecule has 0 bridgehead atoms. The Morgan fingerprint density at radius 1 is 1.00 bits per heavy atom. The molecule has 6 heteroatoms. The van der Waals surface area contributed by atoms with Gasteiger partial charge in [-0.2, -0.15) is 0 Å². The minimum absolute atomic E-state index is 0.441. The highest BCUT2D eigenvalue weighted by Crippen LogP contribution is 2.30. The van der Waals surface area contributed by atoms with Crippen molar-refractivity contribution in [3.05, 3.63) is 59.4 Å². The van der Waals surface area contributed by atoms with Gasteiger partial charge in [-0.05, 0) is 24.7 Å². The van der Waals surface area contributed by atoms with Crippen molar-refractivity contribution in [2.24, 2.45) is 0 Å². The smallest absolute Gasteiger partial charge is 0.205 e. The van der Waals surface area contributed by atoms with Crippen LogP contribution in [0.4, 0.5) is 0 Å². The Morgan fingerprint density at radius 2 is 1.74 bits per heavy atom. The Balaban J connectivity index is 1.48. The van der Waals surface area contributed by atoms with Gasteiger partial charge in [0.2, 0.25) is 6.29 Å². The molecule has 0 N–H and O–H groups in total. The summed E-state index contributed by atoms with van der Waals surface area (Å²) in [5.41, 5.74) is 2.90. The molecule has 4 rings (SSSR count). The van der Waals surface area contributed by atoms with E-state index in [0.29, 0.717) is 19.8 Å². The van der Waals surface area contributed by atoms with E-state index < -0.39 is 6.29 Å². The van der Waals surface area contributed by atoms with Gasteiger partial charge in [0.15, 0.2) is 0 Å². The first-order valence-corrected chi connectivity index (χ1v) is 9.58. The number of pyridine rings is 1. The van der Waals surface area contributed by atoms with E-state index in [9.17, 15) is 0 Å². The highest BCUT2D eigenvalue weighted by Gasteiger charge is 2.25. The van der Waals surface area contributed by atoms with Crippen molar-refractivity contribution in [2.45, 2.75) is 19.4 Å². The van der Waals surface area contributed by atoms with Crippen molar-refractivity contribution in [3.8, 4) is 5.75 Å². The van der Waals surface area contributed by atoms with Gasteiger partial charge in [0.1, 0.15) is 18.1 Å². The lowest BCUT2D eigenvalue weighted by atomic mass is 10.2. The number of rotatable bonds is 6. The summed E-state index contributed by atoms with van der Waals surface area (Å²) in [6.45, 7) is 6.85. The summed E-state index contributed by atoms with van der Waals surface area (Å²) in [5.74, 6) is 0.730. The quantitative estimate of drug-likeness (QED) is 0.780. The maximum atomic E-state index is 6.05. The first kappa shape index (κ1) is 18.4. The van der Waals surface area contributed by atoms with Gasteiger partial charge < -0.3 is 19.1 Å². The fourth-order valence-corrected chi connectivity index (χ4v) is 3.37. The monoisotopic (exact) mass is 369 g/mol. The number of hydrogen-bond donors (Lipinski definition) is 0. The van der Waals surface area contributed by atoms with Crippen molar-refractivity contribution < 1.29 is 14.2 Å². The average Bonchev–Trinajstić information content (AvgIpc) is 3.24. The van der Waals surface area contributed by atoms with Crippen LogP contribution < -0.4 is 4.74 Å². The molecule has 0 spiro atoms. The maximum absolute atomic E-state index is 6.05. The van der Waals surface area contributed by atoms with Gasteiger partial charge in [0.05, 0.1) is 18.9 Å². The van der Waals surface area contributed by atoms with E-state index in [1.807, 2.05) is 24.3 Å². The Bertz CT molecular complexity index is 727. The van der Waals surface area contributed by atoms with Crippen LogP contribution in [0, 0.1) is 0 Å². The second kappa shape index (κ2) is 8.80. The van der Waals surface area contributed by atoms with E-state index in [-0.39, 0.29) is 0 Å². The Labute approximate surface area is 160 Å². The Kier molecular flexibility index (Phi) is 5.99. The lowest BCUT2D eigenvalue weighted by Crippen LogP contribution is -2.44. The molecule has 0 radical (unpaired) electrons. The zero-order valence-electron chi connectivity index (χ0n) is 15.8. The van der Waals surface area contributed by atoms with Crippen LogP contribution in [0.15, 0.2) is 42.5 Å². The lowest BCUT2D eigenvalue weighted by Gasteiger charge is -2.32. The van der Waals surface area contributed by atoms with Crippen molar-refractivity contribution in [1.82, 2.24) is 14.8 Å². The van der Waals surface area contributed by atoms with Crippen molar-refractivity contribution in [1.29, 1.82) is 0 Å². The Morgan fingerprint density at radius 3 is 2.48 bits per heavy atom. The van der Waals surface area contributed by atoms with Gasteiger partial charge >= 0.3 is 0 Å². The molecule has 3 heterocycles. The molecule has 1 aromatic carbocycles. The summed E-state index contributed by atoms with van der Waals surface area (Å²) in [4.78, 5) is 9.64. The zero-order chi connectivity index (χ0) is 18.5. The molecule has 2 aliphatic heterocycles. The second-order valence-corrected chi connectivity index (χ2v) is 7.11. The van der Waals surface area contributed by atoms with Gasteiger partial charge in [-0.1, -0.05) is 30.3 Å². The van der Waals surface area contributed by atoms with Gasteiger partial charge in [-0.25, -0.2) is 4.98 Å². The maximum Gasteiger partial charge on any atom is 0.205 e. The second-order valence-electron chi connectivity index (χ2n) is 7.11. The number of aromatic nitrogens is 1. The third-order valence-electron chi connectivity index (χ3n) is 5.01. The molecule has 2 aliphatic rings. The molecule has 1 aromatic heterocycles. The third-order valence-corrected chi connectivity index (χ3v) is 5.01. The number of hydrogen-bond acceptors (Lipinski definition) is 6. The van der Waals surface area contributed by atoms with E-state index in [4.69, 9.17) is 19.2 Å². The van der Waals surface area contributed by atoms with E-state index in [1.54, 1.807) is 0 Å². The van der Waals surface area contributed by atoms with E-state index in [0.717, 1.165) is 55.4 Å². The van der Waals surface area contributed by atoms with Crippen LogP contribution in [0.5, 0.6) is 5.75 Å². The molecule has 0 unspecified atom stereocenters. The molecule has 0 saturated carbocycles. The van der Waals surface area contributed by atoms with E-state index in [1.165, 1.54) is 0 Å². The fourth-order valence-electron chi connectivity index (χ4n) is 3.37. The normalized spacial score (nSPS) is 19.4. The predicted octanol–water partition coefficient (Wildman–Crippen LogP) is 2.45. The van der Waals surface area contributed by atoms with Crippen LogP contribution in [0.1, 0.15) is 23.2 Å². The SMILES string of the molecule is CN1CCN(Cc2ccc(OCc3ccccc3)c(C3OCCO3)n2)CC1. The average molecular weight is 369 g/mol. The van der Waals surface area contributed by atoms with E-state index >= 15 is 0 Å². The molecule has 2 fully saturated rings. The Hall–Kier alpha value is -1.99. The summed E-state index contributed by atoms with van der Waals surface area (Å²) in [7, 11) is 2.17. The number of nitrogens with zero attached hydrogens (tertiary/aromatic N) is 3. The summed E-state index contributed by atoms with van der Waals surface area (Å²) in [6, 6.07) is 14.2. The largest absolute Gasteiger partial charge is 0.487 e. The van der Waals surface area contributed by atoms with Crippen LogP contribution >= 0.6 is 0 Å². The molecular formula is C21H27N3O3. The molecule has 2 saturated heterocycles. The van der Waals surface area contributed by atoms with Crippen LogP contribution in [-0.4, -0.2) is 61.2 Å². The van der Waals surface area contributed by atoms with Crippen LogP contribution in [0.2, 0.25) is 0 Å². The first-order valence-electron chi connectivity index (χ1n) is 9.58. The highest BCUT2D eigenvalue weighted by atomic mass is 16.7. The highest BCUT2D eigenvalue weighted by molar-refractivity contribution is 5.31. The topological polar surface area (TPSA) is 47.1 Å². The third kappa shape index (κ3) is 4.84. The summed E-state index contributed by atoms with van der Waals surface area (Å²) in [5, 5.41) is 0. The van der Waals surface area contributed by atoms with Gasteiger partial charge in [0.25, 0.3) is 0 Å². The standard InChI is InChI=1S/C21H27N3O3/c1-23-9-11-24(12-10-23)15-18-7-8-19(20(22-18)21-25-13-14-26-21)27-16-17-5-3-2-4-6-17/h2-8,21H,9-16H2,1H3. The van der Waals surface area contributed by atoms with Crippen molar-refractivity contribution in [2.75, 3.05) is 46.4 Å². The van der Waals surface area contributed by atoms with Crippen LogP contribution in [-0.2, 0) is 22.6 Å². The molecule has 144 valence electrons. The van der Waals surface area contributed by atoms with Crippen molar-refractivity contribution in [3.63, 3.8) is 0 Å². The summed E-state index contributed by atoms with van der Waals surface area (Å²) >= 11 is 0. The number of piperazine rings is 1. The predicted molar refractivity (Wildman–Crippen MR) is 102 cm³/mol. The van der Waals surface area contributed by atoms with Gasteiger partial charge in [0, 0.05) is 32.7 Å². The molecule has 6 nitrogen and oxygen atoms in total. The molecule has 0 aliphatic carbocycles. The minimum Gasteiger partial charge on any atom is -0.487 e. The molecular weight excluding hydrogens is 342 g/mol.